The maximum atomic E-state index is 12.7. The molecule has 0 aromatic heterocycles. The van der Waals surface area contributed by atoms with Gasteiger partial charge in [0, 0.05) is 24.7 Å². The summed E-state index contributed by atoms with van der Waals surface area (Å²) in [4.78, 5) is 12.5. The Morgan fingerprint density at radius 1 is 1.17 bits per heavy atom. The van der Waals surface area contributed by atoms with E-state index < -0.39 is 10.0 Å². The molecule has 0 atom stereocenters. The lowest BCUT2D eigenvalue weighted by atomic mass is 9.95. The highest BCUT2D eigenvalue weighted by Crippen LogP contribution is 2.28. The van der Waals surface area contributed by atoms with Crippen LogP contribution in [0.1, 0.15) is 19.3 Å². The Hall–Kier alpha value is -2.29. The number of rotatable bonds is 7. The molecule has 0 unspecified atom stereocenters. The van der Waals surface area contributed by atoms with Crippen LogP contribution in [0.2, 0.25) is 5.02 Å². The van der Waals surface area contributed by atoms with Gasteiger partial charge in [-0.15, -0.1) is 0 Å². The lowest BCUT2D eigenvalue weighted by molar-refractivity contribution is 0.245. The average Bonchev–Trinajstić information content (AvgIpc) is 2.75. The standard InChI is InChI=1S/C21H26ClN3O4S/c1-29-20-8-7-17(22)15-19(20)24-21(26)23-12-9-16-10-13-25(14-11-16)30(27,28)18-5-3-2-4-6-18/h2-8,15-16H,9-14H2,1H3,(H2,23,24,26). The van der Waals surface area contributed by atoms with Crippen LogP contribution in [0.25, 0.3) is 0 Å². The summed E-state index contributed by atoms with van der Waals surface area (Å²) >= 11 is 5.97. The summed E-state index contributed by atoms with van der Waals surface area (Å²) < 4.78 is 32.1. The number of hydrogen-bond acceptors (Lipinski definition) is 4. The van der Waals surface area contributed by atoms with Crippen LogP contribution in [0, 0.1) is 5.92 Å². The molecular formula is C21H26ClN3O4S. The third-order valence-electron chi connectivity index (χ3n) is 5.20. The van der Waals surface area contributed by atoms with Gasteiger partial charge in [-0.05, 0) is 55.5 Å². The molecule has 1 fully saturated rings. The highest BCUT2D eigenvalue weighted by molar-refractivity contribution is 7.89. The molecule has 30 heavy (non-hydrogen) atoms. The van der Waals surface area contributed by atoms with E-state index in [1.165, 1.54) is 7.11 Å². The number of methoxy groups -OCH3 is 1. The Kier molecular flexibility index (Phi) is 7.58. The van der Waals surface area contributed by atoms with Crippen LogP contribution in [0.5, 0.6) is 5.75 Å². The molecule has 2 aromatic rings. The summed E-state index contributed by atoms with van der Waals surface area (Å²) in [7, 11) is -1.91. The smallest absolute Gasteiger partial charge is 0.319 e. The molecule has 1 heterocycles. The maximum absolute atomic E-state index is 12.7. The number of carbonyl (C=O) groups is 1. The quantitative estimate of drug-likeness (QED) is 0.666. The molecule has 0 spiro atoms. The van der Waals surface area contributed by atoms with Crippen LogP contribution < -0.4 is 15.4 Å². The fourth-order valence-electron chi connectivity index (χ4n) is 3.51. The Bertz CT molecular complexity index is 961. The Morgan fingerprint density at radius 3 is 2.53 bits per heavy atom. The van der Waals surface area contributed by atoms with E-state index in [9.17, 15) is 13.2 Å². The zero-order valence-electron chi connectivity index (χ0n) is 16.8. The molecule has 3 rings (SSSR count). The van der Waals surface area contributed by atoms with Crippen molar-refractivity contribution in [1.82, 2.24) is 9.62 Å². The SMILES string of the molecule is COc1ccc(Cl)cc1NC(=O)NCCC1CCN(S(=O)(=O)c2ccccc2)CC1. The number of piperidine rings is 1. The van der Waals surface area contributed by atoms with Gasteiger partial charge < -0.3 is 15.4 Å². The van der Waals surface area contributed by atoms with Crippen LogP contribution in [0.4, 0.5) is 10.5 Å². The Morgan fingerprint density at radius 2 is 1.87 bits per heavy atom. The number of hydrogen-bond donors (Lipinski definition) is 2. The molecule has 1 saturated heterocycles. The number of anilines is 1. The number of ether oxygens (including phenoxy) is 1. The second-order valence-electron chi connectivity index (χ2n) is 7.17. The third-order valence-corrected chi connectivity index (χ3v) is 7.35. The Labute approximate surface area is 182 Å². The number of amides is 2. The van der Waals surface area contributed by atoms with Gasteiger partial charge in [0.1, 0.15) is 5.75 Å². The first-order chi connectivity index (χ1) is 14.4. The van der Waals surface area contributed by atoms with Gasteiger partial charge in [0.25, 0.3) is 0 Å². The molecule has 2 N–H and O–H groups in total. The van der Waals surface area contributed by atoms with Crippen LogP contribution >= 0.6 is 11.6 Å². The normalized spacial score (nSPS) is 15.5. The van der Waals surface area contributed by atoms with Gasteiger partial charge in [0.15, 0.2) is 0 Å². The summed E-state index contributed by atoms with van der Waals surface area (Å²) in [6.07, 6.45) is 2.34. The van der Waals surface area contributed by atoms with E-state index >= 15 is 0 Å². The predicted molar refractivity (Wildman–Crippen MR) is 118 cm³/mol. The lowest BCUT2D eigenvalue weighted by Gasteiger charge is -2.31. The van der Waals surface area contributed by atoms with Gasteiger partial charge in [-0.3, -0.25) is 0 Å². The third kappa shape index (κ3) is 5.65. The van der Waals surface area contributed by atoms with Crippen molar-refractivity contribution in [3.05, 3.63) is 53.6 Å². The summed E-state index contributed by atoms with van der Waals surface area (Å²) in [5.74, 6) is 0.898. The maximum Gasteiger partial charge on any atom is 0.319 e. The molecule has 2 aromatic carbocycles. The minimum atomic E-state index is -3.43. The van der Waals surface area contributed by atoms with Gasteiger partial charge in [-0.2, -0.15) is 4.31 Å². The fraction of sp³-hybridized carbons (Fsp3) is 0.381. The van der Waals surface area contributed by atoms with E-state index in [1.54, 1.807) is 52.8 Å². The largest absolute Gasteiger partial charge is 0.495 e. The molecule has 0 saturated carbocycles. The van der Waals surface area contributed by atoms with E-state index in [-0.39, 0.29) is 6.03 Å². The molecule has 0 bridgehead atoms. The molecule has 0 aliphatic carbocycles. The van der Waals surface area contributed by atoms with Crippen molar-refractivity contribution in [2.45, 2.75) is 24.2 Å². The second kappa shape index (κ2) is 10.1. The number of urea groups is 1. The monoisotopic (exact) mass is 451 g/mol. The van der Waals surface area contributed by atoms with Crippen LogP contribution in [0.3, 0.4) is 0 Å². The zero-order chi connectivity index (χ0) is 21.6. The first kappa shape index (κ1) is 22.4. The molecule has 7 nitrogen and oxygen atoms in total. The van der Waals surface area contributed by atoms with Crippen molar-refractivity contribution >= 4 is 33.3 Å². The highest BCUT2D eigenvalue weighted by Gasteiger charge is 2.29. The van der Waals surface area contributed by atoms with E-state index in [2.05, 4.69) is 10.6 Å². The van der Waals surface area contributed by atoms with E-state index in [0.29, 0.717) is 46.9 Å². The van der Waals surface area contributed by atoms with Crippen molar-refractivity contribution in [1.29, 1.82) is 0 Å². The second-order valence-corrected chi connectivity index (χ2v) is 9.55. The van der Waals surface area contributed by atoms with Crippen molar-refractivity contribution in [3.63, 3.8) is 0 Å². The minimum absolute atomic E-state index is 0.332. The van der Waals surface area contributed by atoms with E-state index in [4.69, 9.17) is 16.3 Å². The first-order valence-electron chi connectivity index (χ1n) is 9.83. The average molecular weight is 452 g/mol. The van der Waals surface area contributed by atoms with E-state index in [1.807, 2.05) is 0 Å². The number of halogens is 1. The number of nitrogens with one attached hydrogen (secondary N) is 2. The van der Waals surface area contributed by atoms with Crippen molar-refractivity contribution in [2.75, 3.05) is 32.1 Å². The van der Waals surface area contributed by atoms with Crippen molar-refractivity contribution in [2.24, 2.45) is 5.92 Å². The summed E-state index contributed by atoms with van der Waals surface area (Å²) in [5, 5.41) is 6.08. The molecule has 1 aliphatic heterocycles. The van der Waals surface area contributed by atoms with Gasteiger partial charge in [-0.25, -0.2) is 13.2 Å². The molecule has 2 amide bonds. The number of sulfonamides is 1. The topological polar surface area (TPSA) is 87.7 Å². The predicted octanol–water partition coefficient (Wildman–Crippen LogP) is 3.96. The summed E-state index contributed by atoms with van der Waals surface area (Å²) in [6.45, 7) is 1.49. The molecule has 162 valence electrons. The van der Waals surface area contributed by atoms with Gasteiger partial charge in [0.2, 0.25) is 10.0 Å². The van der Waals surface area contributed by atoms with Crippen LogP contribution in [0.15, 0.2) is 53.4 Å². The number of benzene rings is 2. The van der Waals surface area contributed by atoms with E-state index in [0.717, 1.165) is 19.3 Å². The first-order valence-corrected chi connectivity index (χ1v) is 11.7. The summed E-state index contributed by atoms with van der Waals surface area (Å²) in [5.41, 5.74) is 0.502. The van der Waals surface area contributed by atoms with Crippen LogP contribution in [-0.2, 0) is 10.0 Å². The number of carbonyl (C=O) groups excluding carboxylic acids is 1. The highest BCUT2D eigenvalue weighted by atomic mass is 35.5. The van der Waals surface area contributed by atoms with Gasteiger partial charge in [0.05, 0.1) is 17.7 Å². The zero-order valence-corrected chi connectivity index (χ0v) is 18.4. The Balaban J connectivity index is 1.43. The summed E-state index contributed by atoms with van der Waals surface area (Å²) in [6, 6.07) is 13.2. The van der Waals surface area contributed by atoms with Gasteiger partial charge >= 0.3 is 6.03 Å². The van der Waals surface area contributed by atoms with Gasteiger partial charge in [-0.1, -0.05) is 29.8 Å². The fourth-order valence-corrected chi connectivity index (χ4v) is 5.18. The molecule has 1 aliphatic rings. The number of nitrogens with zero attached hydrogens (tertiary/aromatic N) is 1. The molecule has 0 radical (unpaired) electrons. The van der Waals surface area contributed by atoms with Crippen LogP contribution in [-0.4, -0.2) is 45.5 Å². The molecular weight excluding hydrogens is 426 g/mol. The lowest BCUT2D eigenvalue weighted by Crippen LogP contribution is -2.39. The molecule has 9 heteroatoms. The van der Waals surface area contributed by atoms with Crippen molar-refractivity contribution < 1.29 is 17.9 Å². The minimum Gasteiger partial charge on any atom is -0.495 e. The van der Waals surface area contributed by atoms with Crippen molar-refractivity contribution in [3.8, 4) is 5.75 Å².